The molecule has 1 aliphatic carbocycles. The summed E-state index contributed by atoms with van der Waals surface area (Å²) in [5, 5.41) is 9.50. The van der Waals surface area contributed by atoms with Gasteiger partial charge < -0.3 is 15.0 Å². The first-order chi connectivity index (χ1) is 20.4. The Kier molecular flexibility index (Phi) is 9.59. The second kappa shape index (κ2) is 13.7. The van der Waals surface area contributed by atoms with Crippen molar-refractivity contribution in [1.29, 1.82) is 0 Å². The normalized spacial score (nSPS) is 14.4. The number of unbranched alkanes of at least 4 members (excludes halogenated alkanes) is 3. The van der Waals surface area contributed by atoms with E-state index in [9.17, 15) is 9.59 Å². The number of aromatic amines is 1. The maximum Gasteiger partial charge on any atom is 0.305 e. The predicted molar refractivity (Wildman–Crippen MR) is 168 cm³/mol. The van der Waals surface area contributed by atoms with E-state index in [2.05, 4.69) is 65.8 Å². The number of H-pyrrole nitrogens is 1. The number of hydrogen-bond donors (Lipinski definition) is 2. The number of fused-ring (bicyclic) bond motifs is 1. The SMILES string of the molecule is COC(=O)CCCCCCNC(=O)c1[nH]c2cc(Cl)ccc2c1-c1c(C2C=CC=CC2)cnn1Cc1ccc(C)cc1. The average Bonchev–Trinajstić information content (AvgIpc) is 3.58. The molecule has 0 bridgehead atoms. The van der Waals surface area contributed by atoms with Crippen LogP contribution < -0.4 is 5.32 Å². The van der Waals surface area contributed by atoms with Crippen molar-refractivity contribution < 1.29 is 14.3 Å². The van der Waals surface area contributed by atoms with Crippen LogP contribution in [0.3, 0.4) is 0 Å². The van der Waals surface area contributed by atoms with E-state index < -0.39 is 0 Å². The molecular weight excluding hydrogens is 548 g/mol. The smallest absolute Gasteiger partial charge is 0.305 e. The second-order valence-corrected chi connectivity index (χ2v) is 11.2. The van der Waals surface area contributed by atoms with Crippen molar-refractivity contribution in [2.45, 2.75) is 57.9 Å². The van der Waals surface area contributed by atoms with Gasteiger partial charge in [-0.15, -0.1) is 0 Å². The first kappa shape index (κ1) is 29.4. The molecule has 0 saturated heterocycles. The zero-order valence-corrected chi connectivity index (χ0v) is 24.9. The minimum Gasteiger partial charge on any atom is -0.469 e. The van der Waals surface area contributed by atoms with Crippen LogP contribution >= 0.6 is 11.6 Å². The standard InChI is InChI=1S/C34H37ClN4O3/c1-23-13-15-24(16-14-23)22-39-33(28(21-37-39)25-10-6-5-7-11-25)31-27-18-17-26(35)20-29(27)38-32(31)34(41)36-19-9-4-3-8-12-30(40)42-2/h5-7,10,13-18,20-21,25,38H,3-4,8-9,11-12,19,22H2,1-2H3,(H,36,41). The van der Waals surface area contributed by atoms with Crippen molar-refractivity contribution >= 4 is 34.4 Å². The average molecular weight is 585 g/mol. The zero-order chi connectivity index (χ0) is 29.5. The molecular formula is C34H37ClN4O3. The Morgan fingerprint density at radius 3 is 2.67 bits per heavy atom. The van der Waals surface area contributed by atoms with E-state index in [4.69, 9.17) is 21.4 Å². The van der Waals surface area contributed by atoms with Gasteiger partial charge in [0.05, 0.1) is 25.5 Å². The summed E-state index contributed by atoms with van der Waals surface area (Å²) in [7, 11) is 1.41. The number of hydrogen-bond acceptors (Lipinski definition) is 4. The Morgan fingerprint density at radius 1 is 1.10 bits per heavy atom. The summed E-state index contributed by atoms with van der Waals surface area (Å²) in [6, 6.07) is 14.2. The van der Waals surface area contributed by atoms with Crippen molar-refractivity contribution in [1.82, 2.24) is 20.1 Å². The molecule has 42 heavy (non-hydrogen) atoms. The molecule has 8 heteroatoms. The van der Waals surface area contributed by atoms with Gasteiger partial charge >= 0.3 is 5.97 Å². The number of halogens is 1. The first-order valence-corrected chi connectivity index (χ1v) is 14.9. The summed E-state index contributed by atoms with van der Waals surface area (Å²) in [6.45, 7) is 3.20. The highest BCUT2D eigenvalue weighted by molar-refractivity contribution is 6.31. The molecule has 0 radical (unpaired) electrons. The summed E-state index contributed by atoms with van der Waals surface area (Å²) < 4.78 is 6.72. The molecule has 4 aromatic rings. The highest BCUT2D eigenvalue weighted by atomic mass is 35.5. The first-order valence-electron chi connectivity index (χ1n) is 14.6. The quantitative estimate of drug-likeness (QED) is 0.133. The summed E-state index contributed by atoms with van der Waals surface area (Å²) in [4.78, 5) is 28.4. The van der Waals surface area contributed by atoms with Gasteiger partial charge in [0.15, 0.2) is 0 Å². The molecule has 218 valence electrons. The van der Waals surface area contributed by atoms with Crippen LogP contribution in [0.15, 0.2) is 73.0 Å². The van der Waals surface area contributed by atoms with Gasteiger partial charge in [-0.2, -0.15) is 5.10 Å². The molecule has 2 heterocycles. The lowest BCUT2D eigenvalue weighted by Crippen LogP contribution is -2.25. The Balaban J connectivity index is 1.47. The number of aryl methyl sites for hydroxylation is 1. The monoisotopic (exact) mass is 584 g/mol. The van der Waals surface area contributed by atoms with Crippen LogP contribution in [0.1, 0.15) is 71.6 Å². The minimum absolute atomic E-state index is 0.148. The van der Waals surface area contributed by atoms with Gasteiger partial charge in [-0.3, -0.25) is 14.3 Å². The van der Waals surface area contributed by atoms with Gasteiger partial charge in [0.1, 0.15) is 5.69 Å². The van der Waals surface area contributed by atoms with Crippen molar-refractivity contribution in [3.63, 3.8) is 0 Å². The minimum atomic E-state index is -0.185. The lowest BCUT2D eigenvalue weighted by molar-refractivity contribution is -0.140. The number of allylic oxidation sites excluding steroid dienone is 4. The molecule has 0 aliphatic heterocycles. The molecule has 1 atom stereocenters. The lowest BCUT2D eigenvalue weighted by Gasteiger charge is -2.17. The van der Waals surface area contributed by atoms with Crippen LogP contribution in [0.2, 0.25) is 5.02 Å². The fourth-order valence-electron chi connectivity index (χ4n) is 5.47. The Bertz CT molecular complexity index is 1610. The van der Waals surface area contributed by atoms with Crippen molar-refractivity contribution in [3.8, 4) is 11.3 Å². The van der Waals surface area contributed by atoms with Crippen LogP contribution in [0, 0.1) is 6.92 Å². The largest absolute Gasteiger partial charge is 0.469 e. The highest BCUT2D eigenvalue weighted by Crippen LogP contribution is 2.40. The van der Waals surface area contributed by atoms with Gasteiger partial charge in [-0.25, -0.2) is 0 Å². The third-order valence-corrected chi connectivity index (χ3v) is 7.98. The molecule has 2 N–H and O–H groups in total. The summed E-state index contributed by atoms with van der Waals surface area (Å²) >= 11 is 6.38. The van der Waals surface area contributed by atoms with Crippen LogP contribution in [0.25, 0.3) is 22.2 Å². The molecule has 1 amide bonds. The molecule has 2 aromatic heterocycles. The van der Waals surface area contributed by atoms with Crippen LogP contribution in [-0.2, 0) is 16.1 Å². The number of rotatable bonds is 12. The molecule has 7 nitrogen and oxygen atoms in total. The number of ether oxygens (including phenoxy) is 1. The molecule has 2 aromatic carbocycles. The zero-order valence-electron chi connectivity index (χ0n) is 24.2. The van der Waals surface area contributed by atoms with Gasteiger partial charge in [-0.05, 0) is 43.9 Å². The van der Waals surface area contributed by atoms with Crippen molar-refractivity contribution in [2.24, 2.45) is 0 Å². The molecule has 0 fully saturated rings. The van der Waals surface area contributed by atoms with E-state index in [0.29, 0.717) is 30.2 Å². The third-order valence-electron chi connectivity index (χ3n) is 7.75. The molecule has 0 saturated carbocycles. The Hall–Kier alpha value is -4.10. The van der Waals surface area contributed by atoms with E-state index in [1.54, 1.807) is 0 Å². The van der Waals surface area contributed by atoms with E-state index in [-0.39, 0.29) is 17.8 Å². The Morgan fingerprint density at radius 2 is 1.90 bits per heavy atom. The van der Waals surface area contributed by atoms with Crippen LogP contribution in [0.5, 0.6) is 0 Å². The van der Waals surface area contributed by atoms with Crippen molar-refractivity contribution in [3.05, 3.63) is 100 Å². The molecule has 5 rings (SSSR count). The topological polar surface area (TPSA) is 89.0 Å². The number of methoxy groups -OCH3 is 1. The Labute approximate surface area is 251 Å². The summed E-state index contributed by atoms with van der Waals surface area (Å²) in [5.74, 6) is -0.203. The van der Waals surface area contributed by atoms with E-state index >= 15 is 0 Å². The maximum atomic E-state index is 13.7. The molecule has 1 aliphatic rings. The maximum absolute atomic E-state index is 13.7. The van der Waals surface area contributed by atoms with Gasteiger partial charge in [0.25, 0.3) is 5.91 Å². The number of nitrogens with one attached hydrogen (secondary N) is 2. The second-order valence-electron chi connectivity index (χ2n) is 10.8. The van der Waals surface area contributed by atoms with E-state index in [0.717, 1.165) is 65.4 Å². The number of esters is 1. The van der Waals surface area contributed by atoms with E-state index in [1.165, 1.54) is 12.7 Å². The number of aromatic nitrogens is 3. The van der Waals surface area contributed by atoms with Gasteiger partial charge in [0, 0.05) is 45.9 Å². The third kappa shape index (κ3) is 6.85. The molecule has 0 spiro atoms. The molecule has 1 unspecified atom stereocenters. The number of nitrogens with zero attached hydrogens (tertiary/aromatic N) is 2. The summed E-state index contributed by atoms with van der Waals surface area (Å²) in [5.41, 5.74) is 6.49. The number of benzene rings is 2. The van der Waals surface area contributed by atoms with Crippen LogP contribution in [0.4, 0.5) is 0 Å². The van der Waals surface area contributed by atoms with Crippen molar-refractivity contribution in [2.75, 3.05) is 13.7 Å². The van der Waals surface area contributed by atoms with Gasteiger partial charge in [-0.1, -0.05) is 84.6 Å². The van der Waals surface area contributed by atoms with E-state index in [1.807, 2.05) is 29.1 Å². The number of amides is 1. The van der Waals surface area contributed by atoms with Crippen LogP contribution in [-0.4, -0.2) is 40.3 Å². The fourth-order valence-corrected chi connectivity index (χ4v) is 5.64. The fraction of sp³-hybridized carbons (Fsp3) is 0.324. The lowest BCUT2D eigenvalue weighted by atomic mass is 9.90. The predicted octanol–water partition coefficient (Wildman–Crippen LogP) is 7.49. The number of carbonyl (C=O) groups excluding carboxylic acids is 2. The summed E-state index contributed by atoms with van der Waals surface area (Å²) in [6.07, 6.45) is 15.2. The number of carbonyl (C=O) groups is 2. The van der Waals surface area contributed by atoms with Gasteiger partial charge in [0.2, 0.25) is 0 Å². The highest BCUT2D eigenvalue weighted by Gasteiger charge is 2.27.